The average molecular weight is 718 g/mol. The minimum Gasteiger partial charge on any atom is -0.494 e. The first kappa shape index (κ1) is 33.7. The number of ether oxygens (including phenoxy) is 3. The van der Waals surface area contributed by atoms with Crippen LogP contribution in [0.4, 0.5) is 5.69 Å². The van der Waals surface area contributed by atoms with Crippen molar-refractivity contribution in [3.63, 3.8) is 0 Å². The topological polar surface area (TPSA) is 104 Å². The molecule has 0 aliphatic heterocycles. The second-order valence-electron chi connectivity index (χ2n) is 10.9. The van der Waals surface area contributed by atoms with Crippen molar-refractivity contribution >= 4 is 56.2 Å². The van der Waals surface area contributed by atoms with Gasteiger partial charge in [-0.1, -0.05) is 55.8 Å². The Morgan fingerprint density at radius 1 is 1.06 bits per heavy atom. The number of carbonyl (C=O) groups excluding carboxylic acids is 1. The Balaban J connectivity index is 1.56. The van der Waals surface area contributed by atoms with E-state index in [2.05, 4.69) is 40.2 Å². The van der Waals surface area contributed by atoms with Gasteiger partial charge >= 0.3 is 0 Å². The van der Waals surface area contributed by atoms with Gasteiger partial charge in [0.15, 0.2) is 23.9 Å². The summed E-state index contributed by atoms with van der Waals surface area (Å²) in [5.41, 5.74) is 4.01. The maximum absolute atomic E-state index is 13.9. The molecule has 4 aromatic carbocycles. The summed E-state index contributed by atoms with van der Waals surface area (Å²) >= 11 is 10.2. The van der Waals surface area contributed by atoms with E-state index in [1.54, 1.807) is 30.3 Å². The number of benzene rings is 4. The highest BCUT2D eigenvalue weighted by Crippen LogP contribution is 2.42. The predicted octanol–water partition coefficient (Wildman–Crippen LogP) is 8.22. The van der Waals surface area contributed by atoms with Crippen molar-refractivity contribution in [2.24, 2.45) is 5.10 Å². The summed E-state index contributed by atoms with van der Waals surface area (Å²) in [6.07, 6.45) is 1.50. The molecule has 1 amide bonds. The summed E-state index contributed by atoms with van der Waals surface area (Å²) in [7, 11) is 1.47. The zero-order valence-electron chi connectivity index (χ0n) is 26.6. The molecule has 47 heavy (non-hydrogen) atoms. The van der Waals surface area contributed by atoms with Crippen molar-refractivity contribution in [1.82, 2.24) is 9.66 Å². The summed E-state index contributed by atoms with van der Waals surface area (Å²) in [4.78, 5) is 31.3. The average Bonchev–Trinajstić information content (AvgIpc) is 3.06. The lowest BCUT2D eigenvalue weighted by Crippen LogP contribution is -2.21. The van der Waals surface area contributed by atoms with Crippen LogP contribution in [0, 0.1) is 6.92 Å². The lowest BCUT2D eigenvalue weighted by Gasteiger charge is -2.18. The molecule has 9 nitrogen and oxygen atoms in total. The van der Waals surface area contributed by atoms with Crippen LogP contribution in [0.2, 0.25) is 5.02 Å². The summed E-state index contributed by atoms with van der Waals surface area (Å²) < 4.78 is 19.0. The molecule has 0 aliphatic carbocycles. The van der Waals surface area contributed by atoms with E-state index in [4.69, 9.17) is 30.8 Å². The largest absolute Gasteiger partial charge is 0.494 e. The summed E-state index contributed by atoms with van der Waals surface area (Å²) in [5, 5.41) is 8.01. The molecule has 11 heteroatoms. The van der Waals surface area contributed by atoms with Crippen LogP contribution in [0.3, 0.4) is 0 Å². The monoisotopic (exact) mass is 716 g/mol. The lowest BCUT2D eigenvalue weighted by atomic mass is 9.96. The Morgan fingerprint density at radius 2 is 1.79 bits per heavy atom. The van der Waals surface area contributed by atoms with Gasteiger partial charge in [-0.3, -0.25) is 9.59 Å². The van der Waals surface area contributed by atoms with Gasteiger partial charge in [-0.2, -0.15) is 9.78 Å². The minimum absolute atomic E-state index is 0.163. The van der Waals surface area contributed by atoms with Crippen molar-refractivity contribution in [2.45, 2.75) is 33.6 Å². The third-order valence-corrected chi connectivity index (χ3v) is 8.81. The second kappa shape index (κ2) is 14.8. The number of methoxy groups -OCH3 is 1. The molecule has 0 saturated carbocycles. The van der Waals surface area contributed by atoms with Gasteiger partial charge in [0.1, 0.15) is 10.8 Å². The number of fused-ring (bicyclic) bond motifs is 1. The molecule has 1 N–H and O–H groups in total. The van der Waals surface area contributed by atoms with Crippen LogP contribution in [0.15, 0.2) is 87.2 Å². The molecule has 5 aromatic rings. The van der Waals surface area contributed by atoms with E-state index in [1.807, 2.05) is 56.3 Å². The van der Waals surface area contributed by atoms with Crippen molar-refractivity contribution in [3.8, 4) is 28.6 Å². The second-order valence-corrected chi connectivity index (χ2v) is 12.1. The van der Waals surface area contributed by atoms with Crippen LogP contribution in [0.5, 0.6) is 17.2 Å². The number of nitrogens with zero attached hydrogens (tertiary/aromatic N) is 3. The Kier molecular flexibility index (Phi) is 10.6. The molecule has 0 unspecified atom stereocenters. The standard InChI is InChI=1S/C36H34BrClN4O5/c1-6-46-29-16-22(4)27(18-26(29)21(2)3)35-41-28-15-11-10-14-25(28)36(44)42(35)39-19-23-17-30(45-5)34(33(38)32(23)37)47-20-31(43)40-24-12-8-7-9-13-24/h7-19,21H,6,20H2,1-5H3,(H,40,43). The zero-order valence-corrected chi connectivity index (χ0v) is 29.0. The highest BCUT2D eigenvalue weighted by Gasteiger charge is 2.21. The molecule has 0 fully saturated rings. The van der Waals surface area contributed by atoms with E-state index >= 15 is 0 Å². The van der Waals surface area contributed by atoms with Gasteiger partial charge in [0, 0.05) is 21.3 Å². The number of aryl methyl sites for hydroxylation is 1. The molecule has 5 rings (SSSR count). The highest BCUT2D eigenvalue weighted by molar-refractivity contribution is 9.10. The van der Waals surface area contributed by atoms with Gasteiger partial charge in [-0.05, 0) is 89.3 Å². The molecular formula is C36H34BrClN4O5. The lowest BCUT2D eigenvalue weighted by molar-refractivity contribution is -0.118. The molecular weight excluding hydrogens is 684 g/mol. The molecule has 1 aromatic heterocycles. The maximum atomic E-state index is 13.9. The number of anilines is 1. The Bertz CT molecular complexity index is 2030. The van der Waals surface area contributed by atoms with Crippen LogP contribution in [-0.2, 0) is 4.79 Å². The summed E-state index contributed by atoms with van der Waals surface area (Å²) in [6.45, 7) is 8.32. The van der Waals surface area contributed by atoms with E-state index in [1.165, 1.54) is 18.0 Å². The molecule has 242 valence electrons. The number of amides is 1. The van der Waals surface area contributed by atoms with E-state index in [0.717, 1.165) is 22.4 Å². The van der Waals surface area contributed by atoms with Crippen molar-refractivity contribution < 1.29 is 19.0 Å². The van der Waals surface area contributed by atoms with Crippen LogP contribution >= 0.6 is 27.5 Å². The molecule has 1 heterocycles. The first-order chi connectivity index (χ1) is 22.6. The molecule has 0 bridgehead atoms. The fraction of sp³-hybridized carbons (Fsp3) is 0.222. The Hall–Kier alpha value is -4.67. The predicted molar refractivity (Wildman–Crippen MR) is 191 cm³/mol. The fourth-order valence-electron chi connectivity index (χ4n) is 5.04. The Labute approximate surface area is 286 Å². The molecule has 0 spiro atoms. The van der Waals surface area contributed by atoms with Gasteiger partial charge < -0.3 is 19.5 Å². The highest BCUT2D eigenvalue weighted by atomic mass is 79.9. The number of rotatable bonds is 11. The maximum Gasteiger partial charge on any atom is 0.282 e. The van der Waals surface area contributed by atoms with Crippen molar-refractivity contribution in [1.29, 1.82) is 0 Å². The first-order valence-electron chi connectivity index (χ1n) is 15.0. The number of para-hydroxylation sites is 2. The molecule has 0 atom stereocenters. The third-order valence-electron chi connectivity index (χ3n) is 7.37. The van der Waals surface area contributed by atoms with Crippen molar-refractivity contribution in [2.75, 3.05) is 25.6 Å². The van der Waals surface area contributed by atoms with E-state index in [9.17, 15) is 9.59 Å². The molecule has 0 saturated heterocycles. The van der Waals surface area contributed by atoms with Crippen LogP contribution < -0.4 is 25.1 Å². The number of nitrogens with one attached hydrogen (secondary N) is 1. The van der Waals surface area contributed by atoms with Crippen LogP contribution in [0.25, 0.3) is 22.3 Å². The normalized spacial score (nSPS) is 11.3. The smallest absolute Gasteiger partial charge is 0.282 e. The van der Waals surface area contributed by atoms with Gasteiger partial charge in [0.2, 0.25) is 0 Å². The number of hydrogen-bond acceptors (Lipinski definition) is 7. The number of aromatic nitrogens is 2. The van der Waals surface area contributed by atoms with Gasteiger partial charge in [0.25, 0.3) is 11.5 Å². The summed E-state index contributed by atoms with van der Waals surface area (Å²) in [6, 6.07) is 21.9. The van der Waals surface area contributed by atoms with E-state index in [0.29, 0.717) is 39.1 Å². The quantitative estimate of drug-likeness (QED) is 0.138. The zero-order chi connectivity index (χ0) is 33.7. The fourth-order valence-corrected chi connectivity index (χ4v) is 5.69. The van der Waals surface area contributed by atoms with Gasteiger partial charge in [0.05, 0.1) is 30.8 Å². The number of halogens is 2. The van der Waals surface area contributed by atoms with Gasteiger partial charge in [-0.15, -0.1) is 0 Å². The number of carbonyl (C=O) groups is 1. The number of hydrogen-bond donors (Lipinski definition) is 1. The summed E-state index contributed by atoms with van der Waals surface area (Å²) in [5.74, 6) is 1.43. The van der Waals surface area contributed by atoms with E-state index in [-0.39, 0.29) is 40.5 Å². The van der Waals surface area contributed by atoms with Crippen molar-refractivity contribution in [3.05, 3.63) is 109 Å². The van der Waals surface area contributed by atoms with Crippen LogP contribution in [-0.4, -0.2) is 42.1 Å². The SMILES string of the molecule is CCOc1cc(C)c(-c2nc3ccccc3c(=O)n2N=Cc2cc(OC)c(OCC(=O)Nc3ccccc3)c(Cl)c2Br)cc1C(C)C. The Morgan fingerprint density at radius 3 is 2.49 bits per heavy atom. The minimum atomic E-state index is -0.364. The molecule has 0 aliphatic rings. The van der Waals surface area contributed by atoms with Gasteiger partial charge in [-0.25, -0.2) is 4.98 Å². The first-order valence-corrected chi connectivity index (χ1v) is 16.2. The molecule has 0 radical (unpaired) electrons. The van der Waals surface area contributed by atoms with E-state index < -0.39 is 0 Å². The third kappa shape index (κ3) is 7.34. The van der Waals surface area contributed by atoms with Crippen LogP contribution in [0.1, 0.15) is 43.4 Å².